The largest absolute Gasteiger partial charge is 0.437 e. The van der Waals surface area contributed by atoms with Crippen molar-refractivity contribution in [3.63, 3.8) is 0 Å². The number of ether oxygens (including phenoxy) is 1. The number of hydrogen-bond acceptors (Lipinski definition) is 5. The molecule has 1 amide bonds. The minimum atomic E-state index is -4.85. The van der Waals surface area contributed by atoms with Crippen LogP contribution in [-0.2, 0) is 6.18 Å². The number of hydrogen-bond donors (Lipinski definition) is 1. The quantitative estimate of drug-likeness (QED) is 0.502. The molecule has 0 aliphatic heterocycles. The molecule has 0 saturated heterocycles. The molecule has 3 rings (SSSR count). The summed E-state index contributed by atoms with van der Waals surface area (Å²) in [6.07, 6.45) is -5.05. The van der Waals surface area contributed by atoms with Gasteiger partial charge in [0.1, 0.15) is 5.15 Å². The van der Waals surface area contributed by atoms with Crippen molar-refractivity contribution in [2.45, 2.75) is 20.0 Å². The van der Waals surface area contributed by atoms with Gasteiger partial charge in [-0.2, -0.15) is 18.3 Å². The van der Waals surface area contributed by atoms with Crippen molar-refractivity contribution >= 4 is 23.4 Å². The second kappa shape index (κ2) is 9.90. The lowest BCUT2D eigenvalue weighted by Gasteiger charge is -2.23. The number of amides is 1. The normalized spacial score (nSPS) is 11.3. The molecule has 0 atom stereocenters. The average Bonchev–Trinajstić information content (AvgIpc) is 3.15. The van der Waals surface area contributed by atoms with Gasteiger partial charge in [-0.05, 0) is 43.7 Å². The number of aromatic nitrogens is 3. The summed E-state index contributed by atoms with van der Waals surface area (Å²) in [6, 6.07) is 12.0. The van der Waals surface area contributed by atoms with Crippen molar-refractivity contribution < 1.29 is 22.7 Å². The fourth-order valence-electron chi connectivity index (χ4n) is 3.08. The van der Waals surface area contributed by atoms with Crippen LogP contribution in [0.1, 0.15) is 18.2 Å². The highest BCUT2D eigenvalue weighted by molar-refractivity contribution is 6.29. The Balaban J connectivity index is 1.68. The molecule has 11 heteroatoms. The Morgan fingerprint density at radius 1 is 1.25 bits per heavy atom. The molecule has 3 aromatic rings. The Kier molecular flexibility index (Phi) is 7.24. The number of carbonyl (C=O) groups excluding carboxylic acids is 1. The molecule has 0 saturated carbocycles. The van der Waals surface area contributed by atoms with E-state index in [1.807, 2.05) is 43.0 Å². The minimum absolute atomic E-state index is 0.000393. The monoisotopic (exact) mass is 467 g/mol. The first-order chi connectivity index (χ1) is 15.2. The number of pyridine rings is 1. The average molecular weight is 468 g/mol. The molecule has 32 heavy (non-hydrogen) atoms. The summed E-state index contributed by atoms with van der Waals surface area (Å²) in [5.41, 5.74) is 0.814. The third kappa shape index (κ3) is 5.70. The molecule has 0 radical (unpaired) electrons. The van der Waals surface area contributed by atoms with Crippen LogP contribution in [0.5, 0.6) is 5.75 Å². The summed E-state index contributed by atoms with van der Waals surface area (Å²) in [5.74, 6) is -0.889. The molecule has 0 bridgehead atoms. The molecule has 7 nitrogen and oxygen atoms in total. The van der Waals surface area contributed by atoms with E-state index in [2.05, 4.69) is 15.4 Å². The highest BCUT2D eigenvalue weighted by Crippen LogP contribution is 2.37. The molecule has 2 aromatic heterocycles. The van der Waals surface area contributed by atoms with Crippen LogP contribution in [0, 0.1) is 6.92 Å². The lowest BCUT2D eigenvalue weighted by Crippen LogP contribution is -2.36. The van der Waals surface area contributed by atoms with E-state index in [0.717, 1.165) is 17.4 Å². The van der Waals surface area contributed by atoms with Crippen molar-refractivity contribution in [3.05, 3.63) is 65.1 Å². The standard InChI is InChI=1S/C21H21ClF3N5O2/c1-3-29(15-7-4-6-14(2)12-15)11-10-26-20(31)32-16-13-27-30(19(16)21(23,24)25)18-9-5-8-17(22)28-18/h4-9,12-13H,3,10-11H2,1-2H3,(H,26,31). The van der Waals surface area contributed by atoms with E-state index in [1.165, 1.54) is 18.2 Å². The van der Waals surface area contributed by atoms with Crippen LogP contribution in [0.25, 0.3) is 5.82 Å². The van der Waals surface area contributed by atoms with E-state index in [-0.39, 0.29) is 17.5 Å². The molecule has 0 unspecified atom stereocenters. The van der Waals surface area contributed by atoms with Crippen molar-refractivity contribution in [1.82, 2.24) is 20.1 Å². The number of rotatable bonds is 7. The van der Waals surface area contributed by atoms with Gasteiger partial charge in [0.25, 0.3) is 0 Å². The Labute approximate surface area is 187 Å². The number of nitrogens with one attached hydrogen (secondary N) is 1. The number of anilines is 1. The Hall–Kier alpha value is -3.27. The van der Waals surface area contributed by atoms with Gasteiger partial charge in [-0.15, -0.1) is 0 Å². The zero-order valence-electron chi connectivity index (χ0n) is 17.4. The van der Waals surface area contributed by atoms with Crippen LogP contribution in [0.4, 0.5) is 23.7 Å². The summed E-state index contributed by atoms with van der Waals surface area (Å²) in [4.78, 5) is 18.0. The van der Waals surface area contributed by atoms with Crippen molar-refractivity contribution in [2.75, 3.05) is 24.5 Å². The number of aryl methyl sites for hydroxylation is 1. The number of likely N-dealkylation sites (N-methyl/N-ethyl adjacent to an activating group) is 1. The van der Waals surface area contributed by atoms with Gasteiger partial charge in [0.2, 0.25) is 0 Å². The van der Waals surface area contributed by atoms with Gasteiger partial charge in [0.05, 0.1) is 6.20 Å². The highest BCUT2D eigenvalue weighted by Gasteiger charge is 2.40. The van der Waals surface area contributed by atoms with Crippen LogP contribution in [-0.4, -0.2) is 40.5 Å². The Morgan fingerprint density at radius 2 is 2.00 bits per heavy atom. The molecule has 1 N–H and O–H groups in total. The van der Waals surface area contributed by atoms with Crippen LogP contribution in [0.15, 0.2) is 48.7 Å². The fourth-order valence-corrected chi connectivity index (χ4v) is 3.24. The number of halogens is 4. The Morgan fingerprint density at radius 3 is 2.66 bits per heavy atom. The SMILES string of the molecule is CCN(CCNC(=O)Oc1cnn(-c2cccc(Cl)n2)c1C(F)(F)F)c1cccc(C)c1. The maximum atomic E-state index is 13.7. The van der Waals surface area contributed by atoms with Gasteiger partial charge >= 0.3 is 12.3 Å². The summed E-state index contributed by atoms with van der Waals surface area (Å²) in [5, 5.41) is 6.15. The van der Waals surface area contributed by atoms with E-state index in [1.54, 1.807) is 0 Å². The third-order valence-corrected chi connectivity index (χ3v) is 4.73. The molecule has 170 valence electrons. The van der Waals surface area contributed by atoms with Crippen LogP contribution in [0.2, 0.25) is 5.15 Å². The topological polar surface area (TPSA) is 72.3 Å². The van der Waals surface area contributed by atoms with E-state index >= 15 is 0 Å². The van der Waals surface area contributed by atoms with Gasteiger partial charge in [-0.3, -0.25) is 0 Å². The molecule has 0 fully saturated rings. The van der Waals surface area contributed by atoms with E-state index in [4.69, 9.17) is 16.3 Å². The first kappa shape index (κ1) is 23.4. The second-order valence-electron chi connectivity index (χ2n) is 6.82. The predicted octanol–water partition coefficient (Wildman–Crippen LogP) is 4.86. The fraction of sp³-hybridized carbons (Fsp3) is 0.286. The first-order valence-corrected chi connectivity index (χ1v) is 10.1. The highest BCUT2D eigenvalue weighted by atomic mass is 35.5. The second-order valence-corrected chi connectivity index (χ2v) is 7.21. The van der Waals surface area contributed by atoms with E-state index < -0.39 is 23.7 Å². The minimum Gasteiger partial charge on any atom is -0.406 e. The summed E-state index contributed by atoms with van der Waals surface area (Å²) in [7, 11) is 0. The van der Waals surface area contributed by atoms with Crippen molar-refractivity contribution in [2.24, 2.45) is 0 Å². The molecule has 0 aliphatic rings. The van der Waals surface area contributed by atoms with Gasteiger partial charge in [0, 0.05) is 25.3 Å². The van der Waals surface area contributed by atoms with Gasteiger partial charge in [-0.1, -0.05) is 29.8 Å². The zero-order valence-corrected chi connectivity index (χ0v) is 18.1. The van der Waals surface area contributed by atoms with Gasteiger partial charge in [0.15, 0.2) is 17.3 Å². The number of nitrogens with zero attached hydrogens (tertiary/aromatic N) is 4. The molecular weight excluding hydrogens is 447 g/mol. The molecule has 0 aliphatic carbocycles. The third-order valence-electron chi connectivity index (χ3n) is 4.52. The summed E-state index contributed by atoms with van der Waals surface area (Å²) >= 11 is 5.77. The molecule has 1 aromatic carbocycles. The van der Waals surface area contributed by atoms with E-state index in [9.17, 15) is 18.0 Å². The molecule has 2 heterocycles. The Bertz CT molecular complexity index is 1090. The first-order valence-electron chi connectivity index (χ1n) is 9.74. The van der Waals surface area contributed by atoms with Crippen molar-refractivity contribution in [3.8, 4) is 11.6 Å². The van der Waals surface area contributed by atoms with E-state index in [0.29, 0.717) is 17.8 Å². The smallest absolute Gasteiger partial charge is 0.406 e. The maximum Gasteiger partial charge on any atom is 0.437 e. The van der Waals surface area contributed by atoms with Crippen LogP contribution >= 0.6 is 11.6 Å². The lowest BCUT2D eigenvalue weighted by atomic mass is 10.2. The number of carbonyl (C=O) groups is 1. The zero-order chi connectivity index (χ0) is 23.3. The predicted molar refractivity (Wildman–Crippen MR) is 114 cm³/mol. The summed E-state index contributed by atoms with van der Waals surface area (Å²) < 4.78 is 46.4. The molecule has 0 spiro atoms. The van der Waals surface area contributed by atoms with Gasteiger partial charge < -0.3 is 15.0 Å². The van der Waals surface area contributed by atoms with Crippen molar-refractivity contribution in [1.29, 1.82) is 0 Å². The van der Waals surface area contributed by atoms with Crippen LogP contribution in [0.3, 0.4) is 0 Å². The molecular formula is C21H21ClF3N5O2. The lowest BCUT2D eigenvalue weighted by molar-refractivity contribution is -0.143. The van der Waals surface area contributed by atoms with Gasteiger partial charge in [-0.25, -0.2) is 14.5 Å². The van der Waals surface area contributed by atoms with Crippen LogP contribution < -0.4 is 15.0 Å². The maximum absolute atomic E-state index is 13.7. The number of benzene rings is 1. The summed E-state index contributed by atoms with van der Waals surface area (Å²) in [6.45, 7) is 5.26. The number of alkyl halides is 3.